The van der Waals surface area contributed by atoms with E-state index in [0.717, 1.165) is 36.9 Å². The van der Waals surface area contributed by atoms with Gasteiger partial charge in [-0.2, -0.15) is 0 Å². The Balaban J connectivity index is 1.38. The molecule has 3 N–H and O–H groups in total. The van der Waals surface area contributed by atoms with E-state index in [0.29, 0.717) is 35.4 Å². The van der Waals surface area contributed by atoms with E-state index < -0.39 is 0 Å². The Morgan fingerprint density at radius 2 is 1.94 bits per heavy atom. The van der Waals surface area contributed by atoms with E-state index in [4.69, 9.17) is 9.72 Å². The average molecular weight is 436 g/mol. The van der Waals surface area contributed by atoms with E-state index in [1.807, 2.05) is 19.1 Å². The van der Waals surface area contributed by atoms with Crippen molar-refractivity contribution in [2.24, 2.45) is 0 Å². The molecule has 168 valence electrons. The lowest BCUT2D eigenvalue weighted by atomic mass is 9.91. The molecule has 2 aromatic heterocycles. The maximum absolute atomic E-state index is 11.5. The first-order chi connectivity index (χ1) is 15.6. The summed E-state index contributed by atoms with van der Waals surface area (Å²) in [6.45, 7) is 4.54. The van der Waals surface area contributed by atoms with Crippen LogP contribution >= 0.6 is 0 Å². The van der Waals surface area contributed by atoms with E-state index >= 15 is 0 Å². The van der Waals surface area contributed by atoms with Crippen molar-refractivity contribution < 1.29 is 9.53 Å². The summed E-state index contributed by atoms with van der Waals surface area (Å²) in [6.07, 6.45) is 7.15. The highest BCUT2D eigenvalue weighted by molar-refractivity contribution is 5.87. The van der Waals surface area contributed by atoms with Gasteiger partial charge in [-0.25, -0.2) is 19.9 Å². The molecule has 9 heteroatoms. The summed E-state index contributed by atoms with van der Waals surface area (Å²) >= 11 is 0. The second-order valence-corrected chi connectivity index (χ2v) is 8.02. The molecule has 1 fully saturated rings. The van der Waals surface area contributed by atoms with E-state index in [1.54, 1.807) is 6.20 Å². The fraction of sp³-hybridized carbons (Fsp3) is 0.435. The summed E-state index contributed by atoms with van der Waals surface area (Å²) in [4.78, 5) is 29.4. The molecule has 0 bridgehead atoms. The summed E-state index contributed by atoms with van der Waals surface area (Å²) in [7, 11) is 0. The fourth-order valence-corrected chi connectivity index (χ4v) is 3.94. The second kappa shape index (κ2) is 10.3. The molecule has 0 aliphatic heterocycles. The number of carbonyl (C=O) groups is 1. The summed E-state index contributed by atoms with van der Waals surface area (Å²) in [5.41, 5.74) is 3.48. The number of benzene rings is 1. The maximum Gasteiger partial charge on any atom is 0.319 e. The van der Waals surface area contributed by atoms with Gasteiger partial charge in [-0.3, -0.25) is 4.79 Å². The van der Waals surface area contributed by atoms with Gasteiger partial charge in [0.1, 0.15) is 17.4 Å². The van der Waals surface area contributed by atoms with E-state index in [9.17, 15) is 4.79 Å². The zero-order valence-corrected chi connectivity index (χ0v) is 18.5. The molecule has 0 saturated heterocycles. The number of rotatable bonds is 8. The summed E-state index contributed by atoms with van der Waals surface area (Å²) < 4.78 is 4.98. The number of carbonyl (C=O) groups excluding carboxylic acids is 1. The third-order valence-electron chi connectivity index (χ3n) is 5.56. The number of anilines is 3. The number of hydrogen-bond acceptors (Lipinski definition) is 9. The minimum absolute atomic E-state index is 0.199. The van der Waals surface area contributed by atoms with Gasteiger partial charge >= 0.3 is 5.97 Å². The standard InChI is InChI=1S/C23H29N7O2/c1-3-32-20(31)13-24-16-7-9-17(10-8-16)29-23-25-12-19-21(30-23)22(27-14-26-19)28-18-6-4-5-15(2)11-18/h4-6,11-12,14,16-17,24H,3,7-10,13H2,1-2H3,(H,25,29,30)(H,26,27,28). The smallest absolute Gasteiger partial charge is 0.319 e. The quantitative estimate of drug-likeness (QED) is 0.458. The monoisotopic (exact) mass is 435 g/mol. The van der Waals surface area contributed by atoms with Crippen molar-refractivity contribution in [1.29, 1.82) is 0 Å². The number of aromatic nitrogens is 4. The molecule has 1 aliphatic rings. The molecule has 0 atom stereocenters. The third kappa shape index (κ3) is 5.67. The molecule has 1 aliphatic carbocycles. The highest BCUT2D eigenvalue weighted by Crippen LogP contribution is 2.24. The van der Waals surface area contributed by atoms with Crippen molar-refractivity contribution in [3.8, 4) is 0 Å². The number of ether oxygens (including phenoxy) is 1. The van der Waals surface area contributed by atoms with Crippen LogP contribution in [0.3, 0.4) is 0 Å². The number of hydrogen-bond donors (Lipinski definition) is 3. The van der Waals surface area contributed by atoms with E-state index in [1.165, 1.54) is 6.33 Å². The first-order valence-electron chi connectivity index (χ1n) is 11.1. The zero-order valence-electron chi connectivity index (χ0n) is 18.5. The number of nitrogens with zero attached hydrogens (tertiary/aromatic N) is 4. The van der Waals surface area contributed by atoms with Gasteiger partial charge in [0.2, 0.25) is 5.95 Å². The topological polar surface area (TPSA) is 114 Å². The van der Waals surface area contributed by atoms with Gasteiger partial charge in [0.15, 0.2) is 5.82 Å². The molecular weight excluding hydrogens is 406 g/mol. The molecule has 0 amide bonds. The molecule has 1 saturated carbocycles. The predicted octanol–water partition coefficient (Wildman–Crippen LogP) is 3.35. The molecule has 9 nitrogen and oxygen atoms in total. The lowest BCUT2D eigenvalue weighted by Gasteiger charge is -2.29. The maximum atomic E-state index is 11.5. The van der Waals surface area contributed by atoms with Crippen molar-refractivity contribution in [2.45, 2.75) is 51.6 Å². The number of aryl methyl sites for hydroxylation is 1. The van der Waals surface area contributed by atoms with Crippen LogP contribution in [0.5, 0.6) is 0 Å². The molecular formula is C23H29N7O2. The van der Waals surface area contributed by atoms with Crippen molar-refractivity contribution >= 4 is 34.5 Å². The van der Waals surface area contributed by atoms with Gasteiger partial charge in [0, 0.05) is 17.8 Å². The van der Waals surface area contributed by atoms with Gasteiger partial charge in [-0.05, 0) is 57.2 Å². The van der Waals surface area contributed by atoms with Crippen molar-refractivity contribution in [1.82, 2.24) is 25.3 Å². The molecule has 1 aromatic carbocycles. The third-order valence-corrected chi connectivity index (χ3v) is 5.56. The van der Waals surface area contributed by atoms with Crippen LogP contribution in [0, 0.1) is 6.92 Å². The Morgan fingerprint density at radius 3 is 2.72 bits per heavy atom. The molecule has 0 unspecified atom stereocenters. The largest absolute Gasteiger partial charge is 0.465 e. The Kier molecular flexibility index (Phi) is 7.06. The van der Waals surface area contributed by atoms with Crippen LogP contribution in [0.25, 0.3) is 11.0 Å². The molecule has 0 spiro atoms. The van der Waals surface area contributed by atoms with Crippen LogP contribution in [0.1, 0.15) is 38.2 Å². The van der Waals surface area contributed by atoms with Crippen LogP contribution < -0.4 is 16.0 Å². The normalized spacial score (nSPS) is 18.3. The Hall–Kier alpha value is -3.33. The first kappa shape index (κ1) is 21.9. The van der Waals surface area contributed by atoms with Gasteiger partial charge in [0.25, 0.3) is 0 Å². The van der Waals surface area contributed by atoms with Crippen LogP contribution in [0.2, 0.25) is 0 Å². The first-order valence-corrected chi connectivity index (χ1v) is 11.1. The summed E-state index contributed by atoms with van der Waals surface area (Å²) in [5.74, 6) is 1.02. The van der Waals surface area contributed by atoms with Crippen LogP contribution in [-0.2, 0) is 9.53 Å². The van der Waals surface area contributed by atoms with E-state index in [2.05, 4.69) is 50.0 Å². The lowest BCUT2D eigenvalue weighted by molar-refractivity contribution is -0.142. The van der Waals surface area contributed by atoms with Gasteiger partial charge in [-0.15, -0.1) is 0 Å². The van der Waals surface area contributed by atoms with Crippen LogP contribution in [0.4, 0.5) is 17.5 Å². The van der Waals surface area contributed by atoms with Crippen LogP contribution in [0.15, 0.2) is 36.8 Å². The predicted molar refractivity (Wildman–Crippen MR) is 124 cm³/mol. The lowest BCUT2D eigenvalue weighted by Crippen LogP contribution is -2.39. The Bertz CT molecular complexity index is 1070. The van der Waals surface area contributed by atoms with Crippen molar-refractivity contribution in [2.75, 3.05) is 23.8 Å². The summed E-state index contributed by atoms with van der Waals surface area (Å²) in [5, 5.41) is 10.1. The molecule has 2 heterocycles. The Morgan fingerprint density at radius 1 is 1.12 bits per heavy atom. The van der Waals surface area contributed by atoms with Crippen LogP contribution in [-0.4, -0.2) is 51.1 Å². The molecule has 0 radical (unpaired) electrons. The van der Waals surface area contributed by atoms with Gasteiger partial charge < -0.3 is 20.7 Å². The second-order valence-electron chi connectivity index (χ2n) is 8.02. The molecule has 4 rings (SSSR count). The molecule has 32 heavy (non-hydrogen) atoms. The number of nitrogens with one attached hydrogen (secondary N) is 3. The zero-order chi connectivity index (χ0) is 22.3. The van der Waals surface area contributed by atoms with Gasteiger partial charge in [-0.1, -0.05) is 12.1 Å². The summed E-state index contributed by atoms with van der Waals surface area (Å²) in [6, 6.07) is 8.72. The minimum Gasteiger partial charge on any atom is -0.465 e. The van der Waals surface area contributed by atoms with Crippen molar-refractivity contribution in [3.05, 3.63) is 42.4 Å². The average Bonchev–Trinajstić information content (AvgIpc) is 2.79. The molecule has 3 aromatic rings. The van der Waals surface area contributed by atoms with Gasteiger partial charge in [0.05, 0.1) is 19.3 Å². The highest BCUT2D eigenvalue weighted by atomic mass is 16.5. The van der Waals surface area contributed by atoms with Crippen molar-refractivity contribution in [3.63, 3.8) is 0 Å². The highest BCUT2D eigenvalue weighted by Gasteiger charge is 2.22. The fourth-order valence-electron chi connectivity index (χ4n) is 3.94. The SMILES string of the molecule is CCOC(=O)CNC1CCC(Nc2ncc3ncnc(Nc4cccc(C)c4)c3n2)CC1. The number of fused-ring (bicyclic) bond motifs is 1. The Labute approximate surface area is 187 Å². The number of esters is 1. The van der Waals surface area contributed by atoms with E-state index in [-0.39, 0.29) is 18.6 Å². The minimum atomic E-state index is -0.199.